The molecule has 0 amide bonds. The number of hydrogen-bond acceptors (Lipinski definition) is 2. The molecule has 0 unspecified atom stereocenters. The maximum atomic E-state index is 8.58. The second kappa shape index (κ2) is 13.3. The largest absolute Gasteiger partial charge is 0.488 e. The zero-order chi connectivity index (χ0) is 33.5. The standard InChI is InChI=1S/C38H22Br2.C6H7BO2/c39-31-21-19-29-35-30(20-22-32(40)38(31)35)37-34(26-16-8-7-15-25(26)23-11-3-1-4-12-23)28-18-10-9-17-27(28)33(36(29)37)24-13-5-2-6-14-24;8-7(9)6-4-2-1-3-5-6/h1-22H;1-5,8-9H. The van der Waals surface area contributed by atoms with E-state index < -0.39 is 7.12 Å². The third-order valence-electron chi connectivity index (χ3n) is 9.25. The van der Waals surface area contributed by atoms with E-state index >= 15 is 0 Å². The van der Waals surface area contributed by atoms with Gasteiger partial charge in [0.25, 0.3) is 0 Å². The predicted octanol–water partition coefficient (Wildman–Crippen LogP) is 11.5. The number of benzene rings is 8. The molecule has 0 bridgehead atoms. The van der Waals surface area contributed by atoms with E-state index in [4.69, 9.17) is 10.0 Å². The second-order valence-electron chi connectivity index (χ2n) is 12.0. The number of halogens is 2. The van der Waals surface area contributed by atoms with E-state index in [1.165, 1.54) is 77.2 Å². The average Bonchev–Trinajstić information content (AvgIpc) is 3.48. The first-order valence-electron chi connectivity index (χ1n) is 16.1. The molecule has 8 aromatic rings. The summed E-state index contributed by atoms with van der Waals surface area (Å²) in [6.45, 7) is 0. The van der Waals surface area contributed by atoms with Crippen LogP contribution in [0.1, 0.15) is 0 Å². The van der Waals surface area contributed by atoms with Gasteiger partial charge in [-0.3, -0.25) is 0 Å². The maximum absolute atomic E-state index is 8.58. The van der Waals surface area contributed by atoms with E-state index in [1.54, 1.807) is 24.3 Å². The van der Waals surface area contributed by atoms with Crippen LogP contribution in [0.15, 0.2) is 173 Å². The van der Waals surface area contributed by atoms with Crippen molar-refractivity contribution in [1.82, 2.24) is 0 Å². The highest BCUT2D eigenvalue weighted by atomic mass is 79.9. The molecule has 8 aromatic carbocycles. The lowest BCUT2D eigenvalue weighted by Gasteiger charge is -2.22. The fourth-order valence-corrected chi connectivity index (χ4v) is 8.54. The molecular formula is C44H29BBr2O2. The van der Waals surface area contributed by atoms with Gasteiger partial charge >= 0.3 is 7.12 Å². The molecule has 0 saturated heterocycles. The Morgan fingerprint density at radius 3 is 1.35 bits per heavy atom. The first-order chi connectivity index (χ1) is 24.0. The molecule has 5 heteroatoms. The van der Waals surface area contributed by atoms with E-state index in [1.807, 2.05) is 6.07 Å². The van der Waals surface area contributed by atoms with E-state index in [-0.39, 0.29) is 0 Å². The summed E-state index contributed by atoms with van der Waals surface area (Å²) in [6.07, 6.45) is 0. The second-order valence-corrected chi connectivity index (χ2v) is 13.8. The van der Waals surface area contributed by atoms with Crippen LogP contribution in [0, 0.1) is 0 Å². The minimum Gasteiger partial charge on any atom is -0.423 e. The van der Waals surface area contributed by atoms with Crippen molar-refractivity contribution in [1.29, 1.82) is 0 Å². The molecule has 0 aromatic heterocycles. The Labute approximate surface area is 302 Å². The summed E-state index contributed by atoms with van der Waals surface area (Å²) in [5.74, 6) is 0. The van der Waals surface area contributed by atoms with Crippen LogP contribution in [0.3, 0.4) is 0 Å². The summed E-state index contributed by atoms with van der Waals surface area (Å²) in [5, 5.41) is 22.2. The Kier molecular flexibility index (Phi) is 8.52. The Morgan fingerprint density at radius 1 is 0.347 bits per heavy atom. The van der Waals surface area contributed by atoms with Crippen LogP contribution in [-0.2, 0) is 0 Å². The normalized spacial score (nSPS) is 11.3. The summed E-state index contributed by atoms with van der Waals surface area (Å²) < 4.78 is 2.20. The lowest BCUT2D eigenvalue weighted by atomic mass is 9.81. The minimum atomic E-state index is -1.34. The molecule has 0 atom stereocenters. The molecule has 0 spiro atoms. The van der Waals surface area contributed by atoms with Crippen LogP contribution < -0.4 is 5.46 Å². The zero-order valence-corrected chi connectivity index (χ0v) is 29.5. The summed E-state index contributed by atoms with van der Waals surface area (Å²) in [6, 6.07) is 57.1. The van der Waals surface area contributed by atoms with Crippen LogP contribution in [0.5, 0.6) is 0 Å². The van der Waals surface area contributed by atoms with Gasteiger partial charge in [-0.2, -0.15) is 0 Å². The highest BCUT2D eigenvalue weighted by Crippen LogP contribution is 2.59. The van der Waals surface area contributed by atoms with Gasteiger partial charge in [0.05, 0.1) is 0 Å². The van der Waals surface area contributed by atoms with Gasteiger partial charge in [-0.15, -0.1) is 0 Å². The van der Waals surface area contributed by atoms with Crippen molar-refractivity contribution in [2.24, 2.45) is 0 Å². The third-order valence-corrected chi connectivity index (χ3v) is 10.6. The highest BCUT2D eigenvalue weighted by Gasteiger charge is 2.32. The first kappa shape index (κ1) is 31.5. The van der Waals surface area contributed by atoms with E-state index in [2.05, 4.69) is 165 Å². The quantitative estimate of drug-likeness (QED) is 0.175. The van der Waals surface area contributed by atoms with Gasteiger partial charge in [0, 0.05) is 14.3 Å². The molecule has 0 radical (unpaired) electrons. The van der Waals surface area contributed by atoms with Crippen LogP contribution in [0.4, 0.5) is 0 Å². The topological polar surface area (TPSA) is 40.5 Å². The van der Waals surface area contributed by atoms with Crippen molar-refractivity contribution in [2.75, 3.05) is 0 Å². The molecule has 0 heterocycles. The summed E-state index contributed by atoms with van der Waals surface area (Å²) in [5.41, 5.74) is 13.3. The Bertz CT molecular complexity index is 2470. The lowest BCUT2D eigenvalue weighted by molar-refractivity contribution is 0.426. The fourth-order valence-electron chi connectivity index (χ4n) is 7.19. The Balaban J connectivity index is 0.000000339. The molecule has 2 N–H and O–H groups in total. The van der Waals surface area contributed by atoms with Crippen molar-refractivity contribution in [3.63, 3.8) is 0 Å². The van der Waals surface area contributed by atoms with Crippen molar-refractivity contribution >= 4 is 66.0 Å². The van der Waals surface area contributed by atoms with Crippen molar-refractivity contribution < 1.29 is 10.0 Å². The van der Waals surface area contributed by atoms with Gasteiger partial charge in [-0.1, -0.05) is 184 Å². The van der Waals surface area contributed by atoms with Gasteiger partial charge in [0.15, 0.2) is 0 Å². The first-order valence-corrected chi connectivity index (χ1v) is 17.7. The van der Waals surface area contributed by atoms with Gasteiger partial charge < -0.3 is 10.0 Å². The van der Waals surface area contributed by atoms with Gasteiger partial charge in [-0.05, 0) is 89.4 Å². The summed E-state index contributed by atoms with van der Waals surface area (Å²) >= 11 is 7.74. The molecule has 9 rings (SSSR count). The molecule has 0 fully saturated rings. The SMILES string of the molecule is Brc1ccc2c3c(ccc(Br)c13)-c1c-2c(-c2ccccc2)c2ccccc2c1-c1ccccc1-c1ccccc1.OB(O)c1ccccc1. The molecule has 1 aliphatic carbocycles. The predicted molar refractivity (Wildman–Crippen MR) is 214 cm³/mol. The molecular weight excluding hydrogens is 731 g/mol. The van der Waals surface area contributed by atoms with Crippen LogP contribution in [-0.4, -0.2) is 17.2 Å². The van der Waals surface area contributed by atoms with E-state index in [0.717, 1.165) is 8.95 Å². The maximum Gasteiger partial charge on any atom is 0.488 e. The zero-order valence-electron chi connectivity index (χ0n) is 26.3. The Morgan fingerprint density at radius 2 is 0.796 bits per heavy atom. The molecule has 2 nitrogen and oxygen atoms in total. The molecule has 0 aliphatic heterocycles. The number of hydrogen-bond donors (Lipinski definition) is 2. The van der Waals surface area contributed by atoms with Crippen molar-refractivity contribution in [2.45, 2.75) is 0 Å². The van der Waals surface area contributed by atoms with Crippen molar-refractivity contribution in [3.8, 4) is 55.6 Å². The molecule has 234 valence electrons. The summed E-state index contributed by atoms with van der Waals surface area (Å²) in [4.78, 5) is 0. The van der Waals surface area contributed by atoms with Crippen LogP contribution in [0.25, 0.3) is 77.2 Å². The molecule has 49 heavy (non-hydrogen) atoms. The fraction of sp³-hybridized carbons (Fsp3) is 0. The number of rotatable bonds is 4. The smallest absolute Gasteiger partial charge is 0.423 e. The monoisotopic (exact) mass is 758 g/mol. The van der Waals surface area contributed by atoms with Gasteiger partial charge in [0.2, 0.25) is 0 Å². The highest BCUT2D eigenvalue weighted by molar-refractivity contribution is 9.11. The van der Waals surface area contributed by atoms with Crippen molar-refractivity contribution in [3.05, 3.63) is 173 Å². The Hall–Kier alpha value is -4.78. The van der Waals surface area contributed by atoms with Crippen LogP contribution >= 0.6 is 31.9 Å². The van der Waals surface area contributed by atoms with Crippen LogP contribution in [0.2, 0.25) is 0 Å². The average molecular weight is 760 g/mol. The molecule has 1 aliphatic rings. The number of fused-ring (bicyclic) bond motifs is 4. The summed E-state index contributed by atoms with van der Waals surface area (Å²) in [7, 11) is -1.34. The van der Waals surface area contributed by atoms with Gasteiger partial charge in [0.1, 0.15) is 0 Å². The van der Waals surface area contributed by atoms with E-state index in [0.29, 0.717) is 5.46 Å². The molecule has 0 saturated carbocycles. The van der Waals surface area contributed by atoms with E-state index in [9.17, 15) is 0 Å². The lowest BCUT2D eigenvalue weighted by Crippen LogP contribution is -2.29. The third kappa shape index (κ3) is 5.53. The van der Waals surface area contributed by atoms with Gasteiger partial charge in [-0.25, -0.2) is 0 Å². The minimum absolute atomic E-state index is 0.525.